The Balaban J connectivity index is 1.05. The summed E-state index contributed by atoms with van der Waals surface area (Å²) >= 11 is 0. The van der Waals surface area contributed by atoms with E-state index in [0.29, 0.717) is 0 Å². The maximum absolute atomic E-state index is 12.8. The van der Waals surface area contributed by atoms with E-state index in [1.807, 2.05) is 0 Å². The average molecular weight is 834 g/mol. The minimum Gasteiger partial charge on any atom is -0.387 e. The Kier molecular flexibility index (Phi) is 10.6. The number of anilines is 2. The number of nitrogens with one attached hydrogen (secondary N) is 1. The number of aliphatic hydroxyl groups excluding tert-OH is 4. The summed E-state index contributed by atoms with van der Waals surface area (Å²) in [5.41, 5.74) is 10.3. The second-order valence-corrected chi connectivity index (χ2v) is 19.4. The number of hydrogen-bond acceptors (Lipinski definition) is 21. The summed E-state index contributed by atoms with van der Waals surface area (Å²) in [6.07, 6.45) is -11.6. The van der Waals surface area contributed by atoms with Crippen LogP contribution in [0.1, 0.15) is 12.5 Å². The van der Waals surface area contributed by atoms with E-state index >= 15 is 0 Å². The summed E-state index contributed by atoms with van der Waals surface area (Å²) in [5.74, 6) is -2.39. The van der Waals surface area contributed by atoms with E-state index in [1.165, 1.54) is 4.57 Å². The summed E-state index contributed by atoms with van der Waals surface area (Å²) in [6, 6.07) is 0. The van der Waals surface area contributed by atoms with Crippen LogP contribution >= 0.6 is 30.6 Å². The molecule has 2 aliphatic heterocycles. The predicted molar refractivity (Wildman–Crippen MR) is 171 cm³/mol. The molecular formula is C21H30N10O18P4. The van der Waals surface area contributed by atoms with Crippen LogP contribution in [0.15, 0.2) is 23.8 Å². The molecule has 28 nitrogen and oxygen atoms in total. The maximum Gasteiger partial charge on any atom is 0.479 e. The van der Waals surface area contributed by atoms with Crippen LogP contribution in [0, 0.1) is 0 Å². The summed E-state index contributed by atoms with van der Waals surface area (Å²) in [5, 5.41) is 42.0. The molecule has 0 bridgehead atoms. The lowest BCUT2D eigenvalue weighted by Gasteiger charge is -2.23. The first-order valence-corrected chi connectivity index (χ1v) is 21.4. The number of fused-ring (bicyclic) bond motifs is 2. The molecule has 6 heterocycles. The third-order valence-corrected chi connectivity index (χ3v) is 15.8. The molecule has 6 rings (SSSR count). The number of aromatic nitrogens is 8. The number of ether oxygens (including phenoxy) is 2. The van der Waals surface area contributed by atoms with Gasteiger partial charge in [-0.25, -0.2) is 33.1 Å². The number of H-pyrrole nitrogens is 1. The Bertz CT molecular complexity index is 2290. The van der Waals surface area contributed by atoms with Gasteiger partial charge in [0.15, 0.2) is 41.0 Å². The zero-order valence-electron chi connectivity index (χ0n) is 26.2. The molecule has 0 saturated carbocycles. The molecule has 0 radical (unpaired) electrons. The molecular weight excluding hydrogens is 804 g/mol. The van der Waals surface area contributed by atoms with Gasteiger partial charge in [-0.05, 0) is 0 Å². The molecule has 4 aromatic rings. The number of aromatic amines is 1. The van der Waals surface area contributed by atoms with Crippen molar-refractivity contribution in [2.75, 3.05) is 30.1 Å². The molecule has 0 spiro atoms. The molecule has 12 atom stereocenters. The van der Waals surface area contributed by atoms with Gasteiger partial charge < -0.3 is 60.9 Å². The highest BCUT2D eigenvalue weighted by Gasteiger charge is 2.50. The van der Waals surface area contributed by atoms with Gasteiger partial charge in [0, 0.05) is 0 Å². The van der Waals surface area contributed by atoms with Crippen LogP contribution in [0.2, 0.25) is 0 Å². The number of imidazole rings is 2. The zero-order chi connectivity index (χ0) is 38.8. The van der Waals surface area contributed by atoms with Crippen molar-refractivity contribution in [1.82, 2.24) is 39.0 Å². The molecule has 32 heteroatoms. The van der Waals surface area contributed by atoms with E-state index in [-0.39, 0.29) is 34.1 Å². The molecule has 0 aromatic carbocycles. The number of nitrogen functional groups attached to an aromatic ring is 2. The molecule has 4 aromatic heterocycles. The van der Waals surface area contributed by atoms with Gasteiger partial charge in [-0.3, -0.25) is 37.1 Å². The molecule has 13 N–H and O–H groups in total. The third kappa shape index (κ3) is 8.29. The largest absolute Gasteiger partial charge is 0.479 e. The number of hydrogen-bond donors (Lipinski definition) is 11. The summed E-state index contributed by atoms with van der Waals surface area (Å²) < 4.78 is 76.9. The van der Waals surface area contributed by atoms with Gasteiger partial charge in [0.05, 0.1) is 25.4 Å². The van der Waals surface area contributed by atoms with Crippen LogP contribution in [0.5, 0.6) is 0 Å². The van der Waals surface area contributed by atoms with Crippen molar-refractivity contribution in [3.8, 4) is 0 Å². The van der Waals surface area contributed by atoms with Crippen molar-refractivity contribution in [1.29, 1.82) is 0 Å². The fourth-order valence-corrected chi connectivity index (χ4v) is 13.1. The number of phosphoric acid groups is 1. The topological polar surface area (TPSA) is 435 Å². The lowest BCUT2D eigenvalue weighted by molar-refractivity contribution is -0.0501. The molecule has 292 valence electrons. The number of phosphoric ester groups is 1. The monoisotopic (exact) mass is 834 g/mol. The summed E-state index contributed by atoms with van der Waals surface area (Å²) in [6.45, 7) is -1.06. The van der Waals surface area contributed by atoms with E-state index < -0.39 is 104 Å². The Morgan fingerprint density at radius 2 is 1.32 bits per heavy atom. The lowest BCUT2D eigenvalue weighted by Crippen LogP contribution is -2.33. The molecule has 0 aliphatic carbocycles. The van der Waals surface area contributed by atoms with Gasteiger partial charge in [0.2, 0.25) is 5.95 Å². The Hall–Kier alpha value is -3.10. The third-order valence-electron chi connectivity index (χ3n) is 7.72. The number of nitrogens with two attached hydrogens (primary N) is 2. The van der Waals surface area contributed by atoms with Crippen LogP contribution in [0.4, 0.5) is 11.8 Å². The molecule has 53 heavy (non-hydrogen) atoms. The minimum absolute atomic E-state index is 0.00618. The SMILES string of the molecule is Nc1nc2c(ncn2[C@@H]2O[C@H](CP(=O)(O)OP(=O)(O)CP(=O)(O)OP(=O)(O)OC[C@H]3O[C@@H](n4cnc5c(N)ncnc54)C(O)C3O)C(O)[C@@H]2O)c(=O)[nH]1. The van der Waals surface area contributed by atoms with Gasteiger partial charge in [-0.15, -0.1) is 0 Å². The first-order chi connectivity index (χ1) is 24.6. The normalized spacial score (nSPS) is 30.9. The Morgan fingerprint density at radius 1 is 0.755 bits per heavy atom. The zero-order valence-corrected chi connectivity index (χ0v) is 29.8. The van der Waals surface area contributed by atoms with Crippen LogP contribution in [-0.4, -0.2) is 134 Å². The molecule has 2 aliphatic rings. The van der Waals surface area contributed by atoms with Crippen molar-refractivity contribution >= 4 is 64.7 Å². The standard InChI is InChI=1S/C21H30N10O18P4/c22-15-9-16(25-3-24-15)30(4-26-9)19-13(34)11(32)7(46-19)1-45-53(43,44)49-52(41,42)6-51(39,40)48-50(37,38)2-8-12(33)14(35)20(47-8)31-5-27-10-17(31)28-21(23)29-18(10)36/h3-5,7-8,11-14,19-20,32-35H,1-2,6H2,(H,37,38)(H,39,40)(H,41,42)(H,43,44)(H2,22,24,25)(H3,23,28,29,36)/t7-,8-,11?,12?,13?,14+,19-,20-/m1/s1. The minimum atomic E-state index is -5.70. The van der Waals surface area contributed by atoms with Crippen LogP contribution in [0.25, 0.3) is 22.3 Å². The van der Waals surface area contributed by atoms with E-state index in [9.17, 15) is 63.1 Å². The highest BCUT2D eigenvalue weighted by Crippen LogP contribution is 2.70. The highest BCUT2D eigenvalue weighted by molar-refractivity contribution is 7.77. The van der Waals surface area contributed by atoms with Gasteiger partial charge in [0.25, 0.3) is 5.56 Å². The second-order valence-electron chi connectivity index (χ2n) is 11.6. The van der Waals surface area contributed by atoms with Crippen molar-refractivity contribution in [3.63, 3.8) is 0 Å². The second kappa shape index (κ2) is 14.2. The van der Waals surface area contributed by atoms with Gasteiger partial charge in [-0.2, -0.15) is 4.98 Å². The fraction of sp³-hybridized carbons (Fsp3) is 0.524. The van der Waals surface area contributed by atoms with E-state index in [2.05, 4.69) is 43.0 Å². The van der Waals surface area contributed by atoms with Crippen molar-refractivity contribution in [2.24, 2.45) is 0 Å². The quantitative estimate of drug-likeness (QED) is 0.0599. The first kappa shape index (κ1) is 39.6. The van der Waals surface area contributed by atoms with Crippen LogP contribution in [0.3, 0.4) is 0 Å². The molecule has 2 saturated heterocycles. The Morgan fingerprint density at radius 3 is 1.98 bits per heavy atom. The van der Waals surface area contributed by atoms with Crippen molar-refractivity contribution in [3.05, 3.63) is 29.3 Å². The van der Waals surface area contributed by atoms with E-state index in [0.717, 1.165) is 23.5 Å². The molecule has 7 unspecified atom stereocenters. The smallest absolute Gasteiger partial charge is 0.387 e. The number of rotatable bonds is 13. The average Bonchev–Trinajstić information content (AvgIpc) is 3.77. The summed E-state index contributed by atoms with van der Waals surface area (Å²) in [7, 11) is -22.4. The molecule has 2 fully saturated rings. The van der Waals surface area contributed by atoms with E-state index in [1.54, 1.807) is 0 Å². The number of aliphatic hydroxyl groups is 4. The highest BCUT2D eigenvalue weighted by atomic mass is 31.3. The van der Waals surface area contributed by atoms with Crippen molar-refractivity contribution < 1.29 is 80.9 Å². The number of nitrogens with zero attached hydrogens (tertiary/aromatic N) is 7. The maximum atomic E-state index is 12.8. The molecule has 0 amide bonds. The van der Waals surface area contributed by atoms with E-state index in [4.69, 9.17) is 20.9 Å². The first-order valence-electron chi connectivity index (χ1n) is 14.6. The Labute approximate surface area is 293 Å². The van der Waals surface area contributed by atoms with Gasteiger partial charge >= 0.3 is 30.6 Å². The van der Waals surface area contributed by atoms with Crippen LogP contribution < -0.4 is 17.0 Å². The van der Waals surface area contributed by atoms with Crippen molar-refractivity contribution in [2.45, 2.75) is 49.1 Å². The van der Waals surface area contributed by atoms with Crippen LogP contribution in [-0.2, 0) is 40.9 Å². The van der Waals surface area contributed by atoms with Gasteiger partial charge in [-0.1, -0.05) is 0 Å². The lowest BCUT2D eigenvalue weighted by atomic mass is 10.1. The predicted octanol–water partition coefficient (Wildman–Crippen LogP) is -2.97. The fourth-order valence-electron chi connectivity index (χ4n) is 5.48. The summed E-state index contributed by atoms with van der Waals surface area (Å²) in [4.78, 5) is 74.4. The van der Waals surface area contributed by atoms with Gasteiger partial charge in [0.1, 0.15) is 48.5 Å².